The monoisotopic (exact) mass is 523 g/mol. The van der Waals surface area contributed by atoms with Crippen molar-refractivity contribution in [2.75, 3.05) is 17.1 Å². The first-order chi connectivity index (χ1) is 16.6. The van der Waals surface area contributed by atoms with E-state index >= 15 is 0 Å². The second-order valence-electron chi connectivity index (χ2n) is 8.78. The van der Waals surface area contributed by atoms with Gasteiger partial charge in [0.15, 0.2) is 0 Å². The zero-order chi connectivity index (χ0) is 25.6. The van der Waals surface area contributed by atoms with E-state index in [1.807, 2.05) is 0 Å². The van der Waals surface area contributed by atoms with Gasteiger partial charge >= 0.3 is 0 Å². The second-order valence-corrected chi connectivity index (χ2v) is 11.1. The third-order valence-corrected chi connectivity index (χ3v) is 7.60. The van der Waals surface area contributed by atoms with Crippen LogP contribution in [0.4, 0.5) is 10.1 Å². The van der Waals surface area contributed by atoms with Crippen LogP contribution in [0.1, 0.15) is 44.6 Å². The molecule has 1 fully saturated rings. The van der Waals surface area contributed by atoms with Crippen molar-refractivity contribution in [3.8, 4) is 0 Å². The Labute approximate surface area is 211 Å². The first-order valence-corrected chi connectivity index (χ1v) is 13.9. The molecule has 0 bridgehead atoms. The van der Waals surface area contributed by atoms with Gasteiger partial charge in [0.05, 0.1) is 17.0 Å². The molecule has 35 heavy (non-hydrogen) atoms. The smallest absolute Gasteiger partial charge is 0.244 e. The molecule has 1 N–H and O–H groups in total. The molecule has 2 amide bonds. The molecule has 0 heterocycles. The zero-order valence-corrected chi connectivity index (χ0v) is 21.5. The number of nitrogens with zero attached hydrogens (tertiary/aromatic N) is 2. The van der Waals surface area contributed by atoms with E-state index in [2.05, 4.69) is 5.32 Å². The van der Waals surface area contributed by atoms with E-state index in [1.165, 1.54) is 23.1 Å². The van der Waals surface area contributed by atoms with Crippen molar-refractivity contribution < 1.29 is 22.4 Å². The Bertz CT molecular complexity index is 1140. The van der Waals surface area contributed by atoms with Gasteiger partial charge in [-0.2, -0.15) is 0 Å². The average Bonchev–Trinajstić information content (AvgIpc) is 3.31. The van der Waals surface area contributed by atoms with Crippen LogP contribution in [0.3, 0.4) is 0 Å². The topological polar surface area (TPSA) is 86.8 Å². The predicted molar refractivity (Wildman–Crippen MR) is 135 cm³/mol. The van der Waals surface area contributed by atoms with E-state index in [0.717, 1.165) is 36.2 Å². The molecule has 1 atom stereocenters. The molecule has 1 aliphatic carbocycles. The maximum absolute atomic E-state index is 13.6. The number of rotatable bonds is 10. The van der Waals surface area contributed by atoms with E-state index < -0.39 is 34.3 Å². The summed E-state index contributed by atoms with van der Waals surface area (Å²) in [7, 11) is -3.87. The highest BCUT2D eigenvalue weighted by molar-refractivity contribution is 7.92. The fraction of sp³-hybridized carbons (Fsp3) is 0.440. The van der Waals surface area contributed by atoms with Crippen molar-refractivity contribution in [3.63, 3.8) is 0 Å². The Hall–Kier alpha value is -2.65. The molecular weight excluding hydrogens is 493 g/mol. The minimum absolute atomic E-state index is 0.0236. The van der Waals surface area contributed by atoms with Crippen molar-refractivity contribution in [1.29, 1.82) is 0 Å². The van der Waals surface area contributed by atoms with Crippen LogP contribution in [-0.4, -0.2) is 50.0 Å². The van der Waals surface area contributed by atoms with Gasteiger partial charge in [-0.15, -0.1) is 0 Å². The van der Waals surface area contributed by atoms with Crippen LogP contribution in [0.25, 0.3) is 0 Å². The van der Waals surface area contributed by atoms with Crippen LogP contribution in [-0.2, 0) is 26.2 Å². The van der Waals surface area contributed by atoms with Gasteiger partial charge in [0.2, 0.25) is 21.8 Å². The van der Waals surface area contributed by atoms with Crippen molar-refractivity contribution in [3.05, 3.63) is 64.9 Å². The number of carbonyl (C=O) groups excluding carboxylic acids is 2. The van der Waals surface area contributed by atoms with Crippen LogP contribution < -0.4 is 9.62 Å². The van der Waals surface area contributed by atoms with Gasteiger partial charge < -0.3 is 10.2 Å². The molecule has 10 heteroatoms. The van der Waals surface area contributed by atoms with Gasteiger partial charge in [0, 0.05) is 12.6 Å². The number of anilines is 1. The Morgan fingerprint density at radius 1 is 1.11 bits per heavy atom. The minimum atomic E-state index is -3.87. The quantitative estimate of drug-likeness (QED) is 0.507. The molecule has 1 saturated carbocycles. The van der Waals surface area contributed by atoms with Gasteiger partial charge in [-0.1, -0.05) is 55.6 Å². The van der Waals surface area contributed by atoms with Crippen LogP contribution in [0.5, 0.6) is 0 Å². The molecule has 2 aromatic rings. The van der Waals surface area contributed by atoms with Crippen molar-refractivity contribution in [2.24, 2.45) is 0 Å². The molecule has 190 valence electrons. The highest BCUT2D eigenvalue weighted by atomic mass is 35.5. The molecular formula is C25H31ClFN3O4S. The van der Waals surface area contributed by atoms with E-state index in [9.17, 15) is 22.4 Å². The Kier molecular flexibility index (Phi) is 9.13. The van der Waals surface area contributed by atoms with E-state index in [1.54, 1.807) is 37.3 Å². The van der Waals surface area contributed by atoms with Gasteiger partial charge in [0.25, 0.3) is 0 Å². The molecule has 0 radical (unpaired) electrons. The van der Waals surface area contributed by atoms with E-state index in [4.69, 9.17) is 11.6 Å². The molecule has 0 spiro atoms. The number of sulfonamides is 1. The largest absolute Gasteiger partial charge is 0.352 e. The average molecular weight is 524 g/mol. The summed E-state index contributed by atoms with van der Waals surface area (Å²) >= 11 is 6.24. The summed E-state index contributed by atoms with van der Waals surface area (Å²) in [5.41, 5.74) is 0.797. The van der Waals surface area contributed by atoms with Crippen molar-refractivity contribution >= 4 is 39.1 Å². The molecule has 2 aromatic carbocycles. The Balaban J connectivity index is 1.92. The molecule has 0 saturated heterocycles. The highest BCUT2D eigenvalue weighted by Crippen LogP contribution is 2.28. The van der Waals surface area contributed by atoms with Crippen molar-refractivity contribution in [2.45, 2.75) is 57.7 Å². The van der Waals surface area contributed by atoms with Crippen LogP contribution in [0.15, 0.2) is 48.5 Å². The summed E-state index contributed by atoms with van der Waals surface area (Å²) in [5.74, 6) is -1.26. The van der Waals surface area contributed by atoms with Crippen LogP contribution in [0.2, 0.25) is 5.02 Å². The molecule has 3 rings (SSSR count). The number of benzene rings is 2. The van der Waals surface area contributed by atoms with E-state index in [-0.39, 0.29) is 29.2 Å². The number of hydrogen-bond acceptors (Lipinski definition) is 4. The molecule has 1 aliphatic rings. The van der Waals surface area contributed by atoms with Crippen LogP contribution >= 0.6 is 11.6 Å². The number of hydrogen-bond donors (Lipinski definition) is 1. The lowest BCUT2D eigenvalue weighted by atomic mass is 10.1. The minimum Gasteiger partial charge on any atom is -0.352 e. The molecule has 0 aliphatic heterocycles. The lowest BCUT2D eigenvalue weighted by Gasteiger charge is -2.33. The van der Waals surface area contributed by atoms with Gasteiger partial charge in [-0.05, 0) is 49.1 Å². The Morgan fingerprint density at radius 3 is 2.31 bits per heavy atom. The normalized spacial score (nSPS) is 15.0. The summed E-state index contributed by atoms with van der Waals surface area (Å²) < 4.78 is 39.6. The maximum Gasteiger partial charge on any atom is 0.244 e. The fourth-order valence-electron chi connectivity index (χ4n) is 4.32. The highest BCUT2D eigenvalue weighted by Gasteiger charge is 2.33. The zero-order valence-electron chi connectivity index (χ0n) is 19.9. The maximum atomic E-state index is 13.6. The molecule has 7 nitrogen and oxygen atoms in total. The first kappa shape index (κ1) is 26.9. The third-order valence-electron chi connectivity index (χ3n) is 6.15. The third kappa shape index (κ3) is 7.18. The summed E-state index contributed by atoms with van der Waals surface area (Å²) in [6, 6.07) is 11.2. The van der Waals surface area contributed by atoms with E-state index in [0.29, 0.717) is 12.0 Å². The first-order valence-electron chi connectivity index (χ1n) is 11.7. The summed E-state index contributed by atoms with van der Waals surface area (Å²) in [5, 5.41) is 3.22. The SMILES string of the molecule is CC[C@@H](C(=O)NC1CCCC1)N(Cc1ccc(F)cc1)C(=O)CN(c1ccccc1Cl)S(C)(=O)=O. The van der Waals surface area contributed by atoms with Crippen molar-refractivity contribution in [1.82, 2.24) is 10.2 Å². The molecule has 0 unspecified atom stereocenters. The Morgan fingerprint density at radius 2 is 1.74 bits per heavy atom. The van der Waals surface area contributed by atoms with Gasteiger partial charge in [-0.3, -0.25) is 13.9 Å². The second kappa shape index (κ2) is 11.9. The standard InChI is InChI=1S/C25H31ClFN3O4S/c1-3-22(25(32)28-20-8-4-5-9-20)29(16-18-12-14-19(27)15-13-18)24(31)17-30(35(2,33)34)23-11-7-6-10-21(23)26/h6-7,10-15,20,22H,3-5,8-9,16-17H2,1-2H3,(H,28,32)/t22-/m0/s1. The van der Waals surface area contributed by atoms with Gasteiger partial charge in [-0.25, -0.2) is 12.8 Å². The number of halogens is 2. The number of para-hydroxylation sites is 1. The summed E-state index contributed by atoms with van der Waals surface area (Å²) in [6.07, 6.45) is 5.20. The fourth-order valence-corrected chi connectivity index (χ4v) is 5.47. The number of amides is 2. The summed E-state index contributed by atoms with van der Waals surface area (Å²) in [4.78, 5) is 28.2. The van der Waals surface area contributed by atoms with Crippen LogP contribution in [0, 0.1) is 5.82 Å². The number of nitrogens with one attached hydrogen (secondary N) is 1. The lowest BCUT2D eigenvalue weighted by Crippen LogP contribution is -2.53. The van der Waals surface area contributed by atoms with Gasteiger partial charge in [0.1, 0.15) is 18.4 Å². The number of carbonyl (C=O) groups is 2. The summed E-state index contributed by atoms with van der Waals surface area (Å²) in [6.45, 7) is 1.29. The predicted octanol–water partition coefficient (Wildman–Crippen LogP) is 4.11. The molecule has 0 aromatic heterocycles. The lowest BCUT2D eigenvalue weighted by molar-refractivity contribution is -0.140.